The van der Waals surface area contributed by atoms with E-state index in [1.807, 2.05) is 6.07 Å². The minimum atomic E-state index is -0.217. The van der Waals surface area contributed by atoms with Gasteiger partial charge in [0, 0.05) is 11.3 Å². The number of amides is 2. The number of hydrogen-bond donors (Lipinski definition) is 2. The molecule has 3 rings (SSSR count). The molecule has 0 bridgehead atoms. The van der Waals surface area contributed by atoms with Crippen LogP contribution in [0.15, 0.2) is 48.5 Å². The van der Waals surface area contributed by atoms with Crippen molar-refractivity contribution in [2.45, 2.75) is 0 Å². The van der Waals surface area contributed by atoms with Crippen LogP contribution < -0.4 is 15.4 Å². The first-order valence-corrected chi connectivity index (χ1v) is 6.65. The van der Waals surface area contributed by atoms with E-state index in [4.69, 9.17) is 4.74 Å². The molecule has 1 heterocycles. The summed E-state index contributed by atoms with van der Waals surface area (Å²) >= 11 is 0. The highest BCUT2D eigenvalue weighted by molar-refractivity contribution is 6.05. The van der Waals surface area contributed by atoms with Crippen molar-refractivity contribution in [2.75, 3.05) is 18.5 Å². The summed E-state index contributed by atoms with van der Waals surface area (Å²) < 4.78 is 5.47. The Morgan fingerprint density at radius 3 is 2.76 bits per heavy atom. The molecule has 5 nitrogen and oxygen atoms in total. The van der Waals surface area contributed by atoms with Crippen molar-refractivity contribution in [3.05, 3.63) is 59.7 Å². The van der Waals surface area contributed by atoms with E-state index in [1.54, 1.807) is 42.5 Å². The lowest BCUT2D eigenvalue weighted by atomic mass is 10.1. The van der Waals surface area contributed by atoms with Crippen molar-refractivity contribution in [3.63, 3.8) is 0 Å². The third kappa shape index (κ3) is 2.86. The number of benzene rings is 2. The van der Waals surface area contributed by atoms with E-state index in [0.29, 0.717) is 35.7 Å². The van der Waals surface area contributed by atoms with Crippen molar-refractivity contribution >= 4 is 17.5 Å². The summed E-state index contributed by atoms with van der Waals surface area (Å²) in [5.74, 6) is 0.117. The van der Waals surface area contributed by atoms with Crippen molar-refractivity contribution in [1.82, 2.24) is 5.32 Å². The van der Waals surface area contributed by atoms with Crippen molar-refractivity contribution in [2.24, 2.45) is 0 Å². The SMILES string of the molecule is O=C(Nc1ccc2c(c1)C(=O)NCCO2)c1ccccc1. The normalized spacial score (nSPS) is 13.4. The van der Waals surface area contributed by atoms with Crippen LogP contribution in [0, 0.1) is 0 Å². The number of nitrogens with one attached hydrogen (secondary N) is 2. The van der Waals surface area contributed by atoms with E-state index in [-0.39, 0.29) is 11.8 Å². The van der Waals surface area contributed by atoms with Gasteiger partial charge in [0.1, 0.15) is 12.4 Å². The van der Waals surface area contributed by atoms with E-state index >= 15 is 0 Å². The molecule has 0 atom stereocenters. The van der Waals surface area contributed by atoms with E-state index in [1.165, 1.54) is 0 Å². The number of hydrogen-bond acceptors (Lipinski definition) is 3. The number of carbonyl (C=O) groups is 2. The summed E-state index contributed by atoms with van der Waals surface area (Å²) in [7, 11) is 0. The Bertz CT molecular complexity index is 683. The third-order valence-corrected chi connectivity index (χ3v) is 3.16. The Hall–Kier alpha value is -2.82. The van der Waals surface area contributed by atoms with Crippen LogP contribution in [-0.2, 0) is 0 Å². The molecule has 21 heavy (non-hydrogen) atoms. The van der Waals surface area contributed by atoms with Gasteiger partial charge in [-0.25, -0.2) is 0 Å². The zero-order chi connectivity index (χ0) is 14.7. The maximum atomic E-state index is 12.1. The minimum Gasteiger partial charge on any atom is -0.491 e. The average Bonchev–Trinajstić information content (AvgIpc) is 2.70. The Balaban J connectivity index is 1.84. The maximum absolute atomic E-state index is 12.1. The van der Waals surface area contributed by atoms with Crippen LogP contribution in [0.4, 0.5) is 5.69 Å². The first kappa shape index (κ1) is 13.2. The second kappa shape index (κ2) is 5.66. The number of anilines is 1. The van der Waals surface area contributed by atoms with Gasteiger partial charge in [-0.2, -0.15) is 0 Å². The molecule has 0 aromatic heterocycles. The lowest BCUT2D eigenvalue weighted by Gasteiger charge is -2.09. The second-order valence-electron chi connectivity index (χ2n) is 4.64. The molecule has 1 aliphatic rings. The fourth-order valence-corrected chi connectivity index (χ4v) is 2.12. The maximum Gasteiger partial charge on any atom is 0.255 e. The first-order valence-electron chi connectivity index (χ1n) is 6.65. The summed E-state index contributed by atoms with van der Waals surface area (Å²) in [5, 5.41) is 5.51. The molecule has 2 amide bonds. The van der Waals surface area contributed by atoms with Gasteiger partial charge in [0.2, 0.25) is 0 Å². The fraction of sp³-hybridized carbons (Fsp3) is 0.125. The molecular weight excluding hydrogens is 268 g/mol. The van der Waals surface area contributed by atoms with Crippen molar-refractivity contribution in [3.8, 4) is 5.75 Å². The highest BCUT2D eigenvalue weighted by Crippen LogP contribution is 2.24. The van der Waals surface area contributed by atoms with Gasteiger partial charge in [0.25, 0.3) is 11.8 Å². The summed E-state index contributed by atoms with van der Waals surface area (Å²) in [6, 6.07) is 13.9. The predicted octanol–water partition coefficient (Wildman–Crippen LogP) is 2.06. The summed E-state index contributed by atoms with van der Waals surface area (Å²) in [5.41, 5.74) is 1.55. The van der Waals surface area contributed by atoms with Gasteiger partial charge in [0.05, 0.1) is 12.1 Å². The van der Waals surface area contributed by atoms with Crippen LogP contribution in [0.5, 0.6) is 5.75 Å². The van der Waals surface area contributed by atoms with Gasteiger partial charge in [-0.1, -0.05) is 18.2 Å². The quantitative estimate of drug-likeness (QED) is 0.886. The molecule has 2 N–H and O–H groups in total. The van der Waals surface area contributed by atoms with Gasteiger partial charge >= 0.3 is 0 Å². The highest BCUT2D eigenvalue weighted by Gasteiger charge is 2.17. The molecule has 0 fully saturated rings. The Kier molecular flexibility index (Phi) is 3.55. The van der Waals surface area contributed by atoms with Crippen LogP contribution >= 0.6 is 0 Å². The van der Waals surface area contributed by atoms with Crippen molar-refractivity contribution in [1.29, 1.82) is 0 Å². The van der Waals surface area contributed by atoms with Crippen LogP contribution in [0.1, 0.15) is 20.7 Å². The Morgan fingerprint density at radius 2 is 1.95 bits per heavy atom. The van der Waals surface area contributed by atoms with Gasteiger partial charge < -0.3 is 15.4 Å². The summed E-state index contributed by atoms with van der Waals surface area (Å²) in [6.45, 7) is 0.910. The van der Waals surface area contributed by atoms with E-state index in [2.05, 4.69) is 10.6 Å². The van der Waals surface area contributed by atoms with E-state index in [9.17, 15) is 9.59 Å². The molecule has 0 saturated carbocycles. The first-order chi connectivity index (χ1) is 10.2. The molecule has 0 spiro atoms. The zero-order valence-electron chi connectivity index (χ0n) is 11.3. The number of ether oxygens (including phenoxy) is 1. The number of carbonyl (C=O) groups excluding carboxylic acids is 2. The van der Waals surface area contributed by atoms with Crippen LogP contribution in [-0.4, -0.2) is 25.0 Å². The molecule has 1 aliphatic heterocycles. The Morgan fingerprint density at radius 1 is 1.14 bits per heavy atom. The second-order valence-corrected chi connectivity index (χ2v) is 4.64. The van der Waals surface area contributed by atoms with Crippen LogP contribution in [0.3, 0.4) is 0 Å². The smallest absolute Gasteiger partial charge is 0.255 e. The lowest BCUT2D eigenvalue weighted by molar-refractivity contribution is 0.0955. The summed E-state index contributed by atoms with van der Waals surface area (Å²) in [4.78, 5) is 24.0. The third-order valence-electron chi connectivity index (χ3n) is 3.16. The molecule has 0 unspecified atom stereocenters. The minimum absolute atomic E-state index is 0.196. The topological polar surface area (TPSA) is 67.4 Å². The molecule has 106 valence electrons. The average molecular weight is 282 g/mol. The molecule has 5 heteroatoms. The molecular formula is C16H14N2O3. The standard InChI is InChI=1S/C16H14N2O3/c19-15(11-4-2-1-3-5-11)18-12-6-7-14-13(10-12)16(20)17-8-9-21-14/h1-7,10H,8-9H2,(H,17,20)(H,18,19). The molecule has 2 aromatic carbocycles. The number of rotatable bonds is 2. The van der Waals surface area contributed by atoms with Gasteiger partial charge in [-0.05, 0) is 30.3 Å². The van der Waals surface area contributed by atoms with Gasteiger partial charge in [-0.15, -0.1) is 0 Å². The molecule has 0 radical (unpaired) electrons. The van der Waals surface area contributed by atoms with E-state index < -0.39 is 0 Å². The summed E-state index contributed by atoms with van der Waals surface area (Å²) in [6.07, 6.45) is 0. The Labute approximate surface area is 121 Å². The van der Waals surface area contributed by atoms with Gasteiger partial charge in [0.15, 0.2) is 0 Å². The van der Waals surface area contributed by atoms with Crippen molar-refractivity contribution < 1.29 is 14.3 Å². The molecule has 0 aliphatic carbocycles. The largest absolute Gasteiger partial charge is 0.491 e. The van der Waals surface area contributed by atoms with Crippen LogP contribution in [0.2, 0.25) is 0 Å². The monoisotopic (exact) mass is 282 g/mol. The number of fused-ring (bicyclic) bond motifs is 1. The lowest BCUT2D eigenvalue weighted by Crippen LogP contribution is -2.24. The molecule has 2 aromatic rings. The van der Waals surface area contributed by atoms with Crippen LogP contribution in [0.25, 0.3) is 0 Å². The van der Waals surface area contributed by atoms with Gasteiger partial charge in [-0.3, -0.25) is 9.59 Å². The predicted molar refractivity (Wildman–Crippen MR) is 78.7 cm³/mol. The fourth-order valence-electron chi connectivity index (χ4n) is 2.12. The zero-order valence-corrected chi connectivity index (χ0v) is 11.3. The molecule has 0 saturated heterocycles. The van der Waals surface area contributed by atoms with E-state index in [0.717, 1.165) is 0 Å². The highest BCUT2D eigenvalue weighted by atomic mass is 16.5.